The molecule has 0 radical (unpaired) electrons. The van der Waals surface area contributed by atoms with Crippen LogP contribution in [0.4, 0.5) is 13.2 Å². The van der Waals surface area contributed by atoms with E-state index in [2.05, 4.69) is 5.32 Å². The highest BCUT2D eigenvalue weighted by molar-refractivity contribution is 5.95. The average molecular weight is 441 g/mol. The van der Waals surface area contributed by atoms with Gasteiger partial charge in [0.1, 0.15) is 11.9 Å². The number of aliphatic hydroxyl groups excluding tert-OH is 1. The van der Waals surface area contributed by atoms with E-state index in [4.69, 9.17) is 9.84 Å². The summed E-state index contributed by atoms with van der Waals surface area (Å²) in [5.74, 6) is 0.432. The minimum absolute atomic E-state index is 0.137. The summed E-state index contributed by atoms with van der Waals surface area (Å²) in [5.41, 5.74) is 3.13. The Kier molecular flexibility index (Phi) is 6.19. The van der Waals surface area contributed by atoms with Crippen LogP contribution in [0.2, 0.25) is 0 Å². The van der Waals surface area contributed by atoms with Crippen molar-refractivity contribution in [2.24, 2.45) is 0 Å². The van der Waals surface area contributed by atoms with E-state index in [0.717, 1.165) is 22.8 Å². The maximum Gasteiger partial charge on any atom is 0.416 e. The molecular formula is C25H22F3NO3. The molecule has 0 aromatic heterocycles. The first-order chi connectivity index (χ1) is 15.3. The van der Waals surface area contributed by atoms with Gasteiger partial charge in [-0.3, -0.25) is 4.79 Å². The summed E-state index contributed by atoms with van der Waals surface area (Å²) in [6.07, 6.45) is -3.73. The lowest BCUT2D eigenvalue weighted by Gasteiger charge is -2.12. The number of amides is 1. The van der Waals surface area contributed by atoms with Gasteiger partial charge in [0.15, 0.2) is 0 Å². The molecule has 7 heteroatoms. The monoisotopic (exact) mass is 441 g/mol. The number of halogens is 3. The molecule has 1 unspecified atom stereocenters. The largest absolute Gasteiger partial charge is 0.489 e. The topological polar surface area (TPSA) is 58.6 Å². The Labute approximate surface area is 183 Å². The Morgan fingerprint density at radius 2 is 1.84 bits per heavy atom. The number of hydrogen-bond acceptors (Lipinski definition) is 3. The molecule has 0 fully saturated rings. The molecule has 1 aliphatic rings. The number of hydrogen-bond donors (Lipinski definition) is 2. The Balaban J connectivity index is 1.55. The number of fused-ring (bicyclic) bond motifs is 1. The SMILES string of the molecule is O=C(NCCO)c1cccc(-c2cccc3c2CC(Cc2cccc(C(F)(F)F)c2)O3)c1. The molecule has 2 N–H and O–H groups in total. The van der Waals surface area contributed by atoms with Gasteiger partial charge in [0.2, 0.25) is 0 Å². The van der Waals surface area contributed by atoms with Crippen molar-refractivity contribution in [3.63, 3.8) is 0 Å². The van der Waals surface area contributed by atoms with Gasteiger partial charge in [-0.1, -0.05) is 42.5 Å². The number of rotatable bonds is 6. The molecule has 32 heavy (non-hydrogen) atoms. The van der Waals surface area contributed by atoms with Crippen LogP contribution in [0.1, 0.15) is 27.0 Å². The molecule has 4 nitrogen and oxygen atoms in total. The molecule has 1 aliphatic heterocycles. The summed E-state index contributed by atoms with van der Waals surface area (Å²) in [5, 5.41) is 11.5. The van der Waals surface area contributed by atoms with Crippen LogP contribution in [-0.4, -0.2) is 30.3 Å². The minimum Gasteiger partial charge on any atom is -0.489 e. The van der Waals surface area contributed by atoms with Crippen molar-refractivity contribution >= 4 is 5.91 Å². The molecular weight excluding hydrogens is 419 g/mol. The zero-order valence-corrected chi connectivity index (χ0v) is 17.2. The van der Waals surface area contributed by atoms with Gasteiger partial charge in [-0.25, -0.2) is 0 Å². The van der Waals surface area contributed by atoms with E-state index in [1.165, 1.54) is 12.1 Å². The third-order valence-corrected chi connectivity index (χ3v) is 5.41. The highest BCUT2D eigenvalue weighted by Crippen LogP contribution is 2.38. The summed E-state index contributed by atoms with van der Waals surface area (Å²) >= 11 is 0. The molecule has 0 bridgehead atoms. The van der Waals surface area contributed by atoms with Crippen LogP contribution in [0.25, 0.3) is 11.1 Å². The molecule has 4 rings (SSSR count). The molecule has 1 amide bonds. The molecule has 166 valence electrons. The van der Waals surface area contributed by atoms with Gasteiger partial charge < -0.3 is 15.2 Å². The third kappa shape index (κ3) is 4.78. The van der Waals surface area contributed by atoms with Crippen LogP contribution in [0, 0.1) is 0 Å². The molecule has 0 saturated carbocycles. The van der Waals surface area contributed by atoms with Crippen LogP contribution < -0.4 is 10.1 Å². The van der Waals surface area contributed by atoms with Crippen molar-refractivity contribution < 1.29 is 27.8 Å². The molecule has 3 aromatic rings. The molecule has 1 heterocycles. The van der Waals surface area contributed by atoms with Gasteiger partial charge in [0.25, 0.3) is 5.91 Å². The highest BCUT2D eigenvalue weighted by atomic mass is 19.4. The number of aliphatic hydroxyl groups is 1. The van der Waals surface area contributed by atoms with Crippen LogP contribution in [-0.2, 0) is 19.0 Å². The van der Waals surface area contributed by atoms with Crippen LogP contribution >= 0.6 is 0 Å². The van der Waals surface area contributed by atoms with E-state index >= 15 is 0 Å². The van der Waals surface area contributed by atoms with Crippen LogP contribution in [0.5, 0.6) is 5.75 Å². The first-order valence-corrected chi connectivity index (χ1v) is 10.3. The third-order valence-electron chi connectivity index (χ3n) is 5.41. The van der Waals surface area contributed by atoms with E-state index in [9.17, 15) is 18.0 Å². The molecule has 1 atom stereocenters. The number of alkyl halides is 3. The van der Waals surface area contributed by atoms with Gasteiger partial charge in [-0.2, -0.15) is 13.2 Å². The Morgan fingerprint density at radius 3 is 2.62 bits per heavy atom. The van der Waals surface area contributed by atoms with Crippen LogP contribution in [0.15, 0.2) is 66.7 Å². The number of benzene rings is 3. The predicted molar refractivity (Wildman–Crippen MR) is 115 cm³/mol. The van der Waals surface area contributed by atoms with Crippen molar-refractivity contribution in [2.45, 2.75) is 25.1 Å². The summed E-state index contributed by atoms with van der Waals surface area (Å²) in [7, 11) is 0. The lowest BCUT2D eigenvalue weighted by molar-refractivity contribution is -0.137. The first kappa shape index (κ1) is 21.9. The number of carbonyl (C=O) groups excluding carboxylic acids is 1. The van der Waals surface area contributed by atoms with Crippen molar-refractivity contribution in [1.82, 2.24) is 5.32 Å². The van der Waals surface area contributed by atoms with Gasteiger partial charge in [0.05, 0.1) is 12.2 Å². The zero-order valence-electron chi connectivity index (χ0n) is 17.2. The van der Waals surface area contributed by atoms with Crippen molar-refractivity contribution in [3.8, 4) is 16.9 Å². The maximum atomic E-state index is 13.0. The van der Waals surface area contributed by atoms with E-state index in [1.807, 2.05) is 24.3 Å². The fourth-order valence-corrected chi connectivity index (χ4v) is 3.96. The quantitative estimate of drug-likeness (QED) is 0.586. The van der Waals surface area contributed by atoms with E-state index in [1.54, 1.807) is 24.3 Å². The first-order valence-electron chi connectivity index (χ1n) is 10.3. The molecule has 0 spiro atoms. The normalized spacial score (nSPS) is 15.2. The summed E-state index contributed by atoms with van der Waals surface area (Å²) in [6, 6.07) is 18.2. The minimum atomic E-state index is -4.38. The fraction of sp³-hybridized carbons (Fsp3) is 0.240. The summed E-state index contributed by atoms with van der Waals surface area (Å²) in [6.45, 7) is 0.0388. The van der Waals surface area contributed by atoms with Gasteiger partial charge in [0, 0.05) is 30.5 Å². The van der Waals surface area contributed by atoms with Crippen molar-refractivity contribution in [1.29, 1.82) is 0 Å². The lowest BCUT2D eigenvalue weighted by Crippen LogP contribution is -2.26. The summed E-state index contributed by atoms with van der Waals surface area (Å²) < 4.78 is 45.1. The van der Waals surface area contributed by atoms with E-state index in [0.29, 0.717) is 29.7 Å². The number of carbonyl (C=O) groups is 1. The van der Waals surface area contributed by atoms with Gasteiger partial charge >= 0.3 is 6.18 Å². The van der Waals surface area contributed by atoms with Gasteiger partial charge in [-0.05, 0) is 41.0 Å². The van der Waals surface area contributed by atoms with Gasteiger partial charge in [-0.15, -0.1) is 0 Å². The second-order valence-corrected chi connectivity index (χ2v) is 7.69. The Bertz CT molecular complexity index is 1130. The smallest absolute Gasteiger partial charge is 0.416 e. The predicted octanol–water partition coefficient (Wildman–Crippen LogP) is 4.64. The zero-order chi connectivity index (χ0) is 22.7. The second kappa shape index (κ2) is 9.04. The van der Waals surface area contributed by atoms with Crippen LogP contribution in [0.3, 0.4) is 0 Å². The average Bonchev–Trinajstić information content (AvgIpc) is 3.19. The standard InChI is InChI=1S/C25H22F3NO3/c26-25(27,28)19-7-1-4-16(12-19)13-20-15-22-21(8-3-9-23(22)32-20)17-5-2-6-18(14-17)24(31)29-10-11-30/h1-9,12,14,20,30H,10-11,13,15H2,(H,29,31). The highest BCUT2D eigenvalue weighted by Gasteiger charge is 2.31. The molecule has 3 aromatic carbocycles. The van der Waals surface area contributed by atoms with Crippen molar-refractivity contribution in [3.05, 3.63) is 89.0 Å². The Hall–Kier alpha value is -3.32. The number of nitrogens with one attached hydrogen (secondary N) is 1. The number of ether oxygens (including phenoxy) is 1. The van der Waals surface area contributed by atoms with E-state index in [-0.39, 0.29) is 25.2 Å². The van der Waals surface area contributed by atoms with Crippen molar-refractivity contribution in [2.75, 3.05) is 13.2 Å². The molecule has 0 saturated heterocycles. The fourth-order valence-electron chi connectivity index (χ4n) is 3.96. The Morgan fingerprint density at radius 1 is 1.06 bits per heavy atom. The summed E-state index contributed by atoms with van der Waals surface area (Å²) in [4.78, 5) is 12.2. The maximum absolute atomic E-state index is 13.0. The molecule has 0 aliphatic carbocycles. The second-order valence-electron chi connectivity index (χ2n) is 7.69. The van der Waals surface area contributed by atoms with E-state index < -0.39 is 11.7 Å². The lowest BCUT2D eigenvalue weighted by atomic mass is 9.94.